The van der Waals surface area contributed by atoms with Gasteiger partial charge in [0, 0.05) is 9.86 Å². The van der Waals surface area contributed by atoms with E-state index in [-0.39, 0.29) is 12.1 Å². The van der Waals surface area contributed by atoms with Crippen LogP contribution in [0.4, 0.5) is 13.2 Å². The highest BCUT2D eigenvalue weighted by molar-refractivity contribution is 14.1. The van der Waals surface area contributed by atoms with Gasteiger partial charge < -0.3 is 4.74 Å². The van der Waals surface area contributed by atoms with E-state index >= 15 is 0 Å². The van der Waals surface area contributed by atoms with E-state index in [0.717, 1.165) is 6.07 Å². The summed E-state index contributed by atoms with van der Waals surface area (Å²) in [5, 5.41) is 4.29. The highest BCUT2D eigenvalue weighted by Gasteiger charge is 2.35. The molecule has 0 bridgehead atoms. The fraction of sp³-hybridized carbons (Fsp3) is 0.429. The van der Waals surface area contributed by atoms with Gasteiger partial charge in [-0.15, -0.1) is 0 Å². The van der Waals surface area contributed by atoms with E-state index in [1.807, 2.05) is 22.6 Å². The highest BCUT2D eigenvalue weighted by atomic mass is 127. The van der Waals surface area contributed by atoms with Crippen LogP contribution in [0.1, 0.15) is 26.3 Å². The lowest BCUT2D eigenvalue weighted by molar-refractivity contribution is -0.155. The van der Waals surface area contributed by atoms with Gasteiger partial charge in [0.25, 0.3) is 0 Å². The van der Waals surface area contributed by atoms with E-state index in [1.54, 1.807) is 26.8 Å². The normalized spacial score (nSPS) is 12.7. The van der Waals surface area contributed by atoms with Gasteiger partial charge in [-0.1, -0.05) is 15.9 Å². The summed E-state index contributed by atoms with van der Waals surface area (Å²) >= 11 is 4.95. The molecule has 0 aliphatic heterocycles. The van der Waals surface area contributed by atoms with Gasteiger partial charge in [-0.2, -0.15) is 18.3 Å². The highest BCUT2D eigenvalue weighted by Crippen LogP contribution is 2.37. The number of carbonyl (C=O) groups excluding carboxylic acids is 1. The summed E-state index contributed by atoms with van der Waals surface area (Å²) < 4.78 is 46.6. The summed E-state index contributed by atoms with van der Waals surface area (Å²) in [5.74, 6) is -0.559. The number of alkyl halides is 3. The van der Waals surface area contributed by atoms with Gasteiger partial charge in [-0.05, 0) is 55.5 Å². The van der Waals surface area contributed by atoms with Crippen molar-refractivity contribution < 1.29 is 22.7 Å². The van der Waals surface area contributed by atoms with E-state index < -0.39 is 23.3 Å². The second-order valence-electron chi connectivity index (χ2n) is 5.88. The molecule has 1 aromatic carbocycles. The molecule has 0 aliphatic carbocycles. The number of aromatic nitrogens is 2. The molecule has 2 aromatic rings. The van der Waals surface area contributed by atoms with E-state index in [1.165, 1.54) is 4.68 Å². The second kappa shape index (κ2) is 6.23. The fourth-order valence-electron chi connectivity index (χ4n) is 1.98. The molecule has 0 atom stereocenters. The summed E-state index contributed by atoms with van der Waals surface area (Å²) in [6, 6.07) is 2.52. The monoisotopic (exact) mass is 504 g/mol. The molecule has 0 aliphatic rings. The van der Waals surface area contributed by atoms with E-state index in [9.17, 15) is 18.0 Å². The number of hydrogen-bond donors (Lipinski definition) is 0. The topological polar surface area (TPSA) is 44.1 Å². The van der Waals surface area contributed by atoms with Gasteiger partial charge in [0.05, 0.1) is 5.56 Å². The number of carbonyl (C=O) groups is 1. The number of hydrogen-bond acceptors (Lipinski definition) is 3. The van der Waals surface area contributed by atoms with Crippen LogP contribution in [-0.2, 0) is 22.3 Å². The van der Waals surface area contributed by atoms with Crippen molar-refractivity contribution >= 4 is 55.4 Å². The van der Waals surface area contributed by atoms with E-state index in [2.05, 4.69) is 21.0 Å². The Morgan fingerprint density at radius 2 is 1.96 bits per heavy atom. The van der Waals surface area contributed by atoms with Crippen LogP contribution < -0.4 is 0 Å². The minimum Gasteiger partial charge on any atom is -0.459 e. The van der Waals surface area contributed by atoms with Crippen molar-refractivity contribution in [3.05, 3.63) is 25.9 Å². The number of benzene rings is 1. The van der Waals surface area contributed by atoms with Crippen molar-refractivity contribution in [2.45, 2.75) is 39.1 Å². The van der Waals surface area contributed by atoms with Crippen LogP contribution in [0.15, 0.2) is 16.6 Å². The molecule has 1 aromatic heterocycles. The van der Waals surface area contributed by atoms with Gasteiger partial charge in [0.15, 0.2) is 0 Å². The van der Waals surface area contributed by atoms with Crippen molar-refractivity contribution in [3.8, 4) is 0 Å². The minimum atomic E-state index is -4.53. The Balaban J connectivity index is 2.48. The van der Waals surface area contributed by atoms with Gasteiger partial charge >= 0.3 is 12.1 Å². The molecule has 23 heavy (non-hydrogen) atoms. The zero-order valence-corrected chi connectivity index (χ0v) is 16.2. The standard InChI is InChI=1S/C14H13BrF3IN2O2/c1-13(2,3)23-10(22)6-21-12(19)8-4-7(15)5-9(11(8)20-21)14(16,17)18/h4-5H,6H2,1-3H3. The molecule has 0 unspecified atom stereocenters. The number of halogens is 5. The lowest BCUT2D eigenvalue weighted by Gasteiger charge is -2.19. The maximum Gasteiger partial charge on any atom is 0.418 e. The van der Waals surface area contributed by atoms with Gasteiger partial charge in [-0.25, -0.2) is 4.68 Å². The molecule has 0 radical (unpaired) electrons. The fourth-order valence-corrected chi connectivity index (χ4v) is 3.13. The number of esters is 1. The lowest BCUT2D eigenvalue weighted by Crippen LogP contribution is -2.27. The summed E-state index contributed by atoms with van der Waals surface area (Å²) in [5.41, 5.74) is -1.70. The Hall–Kier alpha value is -0.840. The zero-order valence-electron chi connectivity index (χ0n) is 12.5. The molecule has 2 rings (SSSR count). The predicted molar refractivity (Wildman–Crippen MR) is 91.0 cm³/mol. The largest absolute Gasteiger partial charge is 0.459 e. The van der Waals surface area contributed by atoms with Crippen molar-refractivity contribution in [1.29, 1.82) is 0 Å². The van der Waals surface area contributed by atoms with Crippen LogP contribution in [0.2, 0.25) is 0 Å². The molecule has 4 nitrogen and oxygen atoms in total. The van der Waals surface area contributed by atoms with Crippen molar-refractivity contribution in [2.24, 2.45) is 0 Å². The zero-order chi connectivity index (χ0) is 17.6. The van der Waals surface area contributed by atoms with Crippen LogP contribution >= 0.6 is 38.5 Å². The Labute approximate surface area is 152 Å². The minimum absolute atomic E-state index is 0.186. The Morgan fingerprint density at radius 1 is 1.35 bits per heavy atom. The lowest BCUT2D eigenvalue weighted by atomic mass is 10.1. The summed E-state index contributed by atoms with van der Waals surface area (Å²) in [6.45, 7) is 4.90. The number of fused-ring (bicyclic) bond motifs is 1. The molecular formula is C14H13BrF3IN2O2. The van der Waals surface area contributed by atoms with Crippen LogP contribution in [0.25, 0.3) is 10.9 Å². The molecule has 126 valence electrons. The van der Waals surface area contributed by atoms with Gasteiger partial charge in [0.2, 0.25) is 0 Å². The third-order valence-corrected chi connectivity index (χ3v) is 4.34. The third kappa shape index (κ3) is 4.37. The molecule has 0 saturated carbocycles. The first-order valence-corrected chi connectivity index (χ1v) is 8.40. The van der Waals surface area contributed by atoms with Gasteiger partial charge in [-0.3, -0.25) is 4.79 Å². The molecular weight excluding hydrogens is 492 g/mol. The first kappa shape index (κ1) is 18.5. The summed E-state index contributed by atoms with van der Waals surface area (Å²) in [4.78, 5) is 11.9. The van der Waals surface area contributed by atoms with Gasteiger partial charge in [0.1, 0.15) is 21.4 Å². The number of ether oxygens (including phenoxy) is 1. The Morgan fingerprint density at radius 3 is 2.48 bits per heavy atom. The molecule has 0 amide bonds. The van der Waals surface area contributed by atoms with Crippen molar-refractivity contribution in [1.82, 2.24) is 9.78 Å². The molecule has 0 spiro atoms. The first-order chi connectivity index (χ1) is 10.4. The Bertz CT molecular complexity index is 766. The average Bonchev–Trinajstić information content (AvgIpc) is 2.62. The van der Waals surface area contributed by atoms with Crippen molar-refractivity contribution in [3.63, 3.8) is 0 Å². The molecule has 9 heteroatoms. The number of nitrogens with zero attached hydrogens (tertiary/aromatic N) is 2. The maximum absolute atomic E-state index is 13.2. The SMILES string of the molecule is CC(C)(C)OC(=O)Cn1nc2c(C(F)(F)F)cc(Br)cc2c1I. The van der Waals surface area contributed by atoms with Crippen LogP contribution in [-0.4, -0.2) is 21.4 Å². The van der Waals surface area contributed by atoms with Crippen LogP contribution in [0.3, 0.4) is 0 Å². The summed E-state index contributed by atoms with van der Waals surface area (Å²) in [7, 11) is 0. The smallest absolute Gasteiger partial charge is 0.418 e. The molecule has 0 N–H and O–H groups in total. The molecule has 0 saturated heterocycles. The third-order valence-electron chi connectivity index (χ3n) is 2.75. The number of rotatable bonds is 2. The van der Waals surface area contributed by atoms with E-state index in [0.29, 0.717) is 13.6 Å². The predicted octanol–water partition coefficient (Wildman–Crippen LogP) is 4.76. The summed E-state index contributed by atoms with van der Waals surface area (Å²) in [6.07, 6.45) is -4.53. The first-order valence-electron chi connectivity index (χ1n) is 6.53. The average molecular weight is 505 g/mol. The second-order valence-corrected chi connectivity index (χ2v) is 7.82. The Kier molecular flexibility index (Phi) is 5.01. The maximum atomic E-state index is 13.2. The van der Waals surface area contributed by atoms with Crippen molar-refractivity contribution in [2.75, 3.05) is 0 Å². The van der Waals surface area contributed by atoms with Crippen LogP contribution in [0, 0.1) is 3.70 Å². The quantitative estimate of drug-likeness (QED) is 0.437. The molecule has 1 heterocycles. The molecule has 0 fully saturated rings. The van der Waals surface area contributed by atoms with Crippen LogP contribution in [0.5, 0.6) is 0 Å². The van der Waals surface area contributed by atoms with E-state index in [4.69, 9.17) is 4.74 Å².